The molecule has 0 unspecified atom stereocenters. The number of benzene rings is 1. The van der Waals surface area contributed by atoms with Crippen molar-refractivity contribution in [2.45, 2.75) is 40.2 Å². The largest absolute Gasteiger partial charge is 0.326 e. The maximum absolute atomic E-state index is 11.8. The normalized spacial score (nSPS) is 10.7. The molecule has 2 heteroatoms. The average molecular weight is 243 g/mol. The van der Waals surface area contributed by atoms with Gasteiger partial charge in [-0.1, -0.05) is 36.1 Å². The molecule has 0 heterocycles. The maximum Gasteiger partial charge on any atom is 0.149 e. The summed E-state index contributed by atoms with van der Waals surface area (Å²) in [4.78, 5) is 11.8. The lowest BCUT2D eigenvalue weighted by Crippen LogP contribution is -2.07. The van der Waals surface area contributed by atoms with Gasteiger partial charge in [-0.25, -0.2) is 0 Å². The molecule has 0 bridgehead atoms. The van der Waals surface area contributed by atoms with Gasteiger partial charge in [-0.3, -0.25) is 4.79 Å². The molecular weight excluding hydrogens is 222 g/mol. The summed E-state index contributed by atoms with van der Waals surface area (Å²) in [5.41, 5.74) is 7.65. The van der Waals surface area contributed by atoms with Crippen molar-refractivity contribution < 1.29 is 4.79 Å². The van der Waals surface area contributed by atoms with Crippen molar-refractivity contribution in [3.8, 4) is 11.8 Å². The lowest BCUT2D eigenvalue weighted by Gasteiger charge is -2.07. The molecule has 0 aliphatic heterocycles. The van der Waals surface area contributed by atoms with Crippen molar-refractivity contribution in [3.63, 3.8) is 0 Å². The fourth-order valence-electron chi connectivity index (χ4n) is 1.61. The van der Waals surface area contributed by atoms with Crippen molar-refractivity contribution in [3.05, 3.63) is 35.4 Å². The van der Waals surface area contributed by atoms with Crippen LogP contribution in [-0.2, 0) is 17.8 Å². The van der Waals surface area contributed by atoms with E-state index in [1.807, 2.05) is 45.0 Å². The van der Waals surface area contributed by atoms with E-state index in [0.717, 1.165) is 11.1 Å². The first-order valence-electron chi connectivity index (χ1n) is 6.21. The van der Waals surface area contributed by atoms with Gasteiger partial charge in [0.15, 0.2) is 0 Å². The third-order valence-corrected chi connectivity index (χ3v) is 2.47. The summed E-state index contributed by atoms with van der Waals surface area (Å²) >= 11 is 0. The van der Waals surface area contributed by atoms with Crippen molar-refractivity contribution >= 4 is 5.78 Å². The molecule has 0 aliphatic carbocycles. The van der Waals surface area contributed by atoms with Crippen LogP contribution >= 0.6 is 0 Å². The van der Waals surface area contributed by atoms with Crippen LogP contribution in [0.15, 0.2) is 24.3 Å². The third-order valence-electron chi connectivity index (χ3n) is 2.47. The van der Waals surface area contributed by atoms with E-state index in [4.69, 9.17) is 5.73 Å². The Labute approximate surface area is 110 Å². The Morgan fingerprint density at radius 2 is 1.83 bits per heavy atom. The monoisotopic (exact) mass is 243 g/mol. The SMILES string of the molecule is CC(C)(C)C#CCC(=O)Cc1ccccc1CN. The number of nitrogens with two attached hydrogens (primary N) is 1. The Kier molecular flexibility index (Phi) is 5.12. The number of carbonyl (C=O) groups excluding carboxylic acids is 1. The van der Waals surface area contributed by atoms with Crippen LogP contribution in [0.3, 0.4) is 0 Å². The number of ketones is 1. The van der Waals surface area contributed by atoms with Crippen LogP contribution in [0.25, 0.3) is 0 Å². The fraction of sp³-hybridized carbons (Fsp3) is 0.438. The minimum atomic E-state index is -0.0462. The van der Waals surface area contributed by atoms with E-state index >= 15 is 0 Å². The first kappa shape index (κ1) is 14.5. The van der Waals surface area contributed by atoms with Gasteiger partial charge in [0.1, 0.15) is 5.78 Å². The number of carbonyl (C=O) groups is 1. The van der Waals surface area contributed by atoms with E-state index in [0.29, 0.717) is 19.4 Å². The first-order valence-corrected chi connectivity index (χ1v) is 6.21. The van der Waals surface area contributed by atoms with E-state index in [1.165, 1.54) is 0 Å². The summed E-state index contributed by atoms with van der Waals surface area (Å²) in [6.45, 7) is 6.58. The van der Waals surface area contributed by atoms with E-state index in [1.54, 1.807) is 0 Å². The third kappa shape index (κ3) is 5.16. The lowest BCUT2D eigenvalue weighted by atomic mass is 9.97. The van der Waals surface area contributed by atoms with Gasteiger partial charge in [-0.2, -0.15) is 0 Å². The molecule has 0 aromatic heterocycles. The standard InChI is InChI=1S/C16H21NO/c1-16(2,3)10-6-9-15(18)11-13-7-4-5-8-14(13)12-17/h4-5,7-8H,9,11-12,17H2,1-3H3. The molecule has 0 fully saturated rings. The Morgan fingerprint density at radius 1 is 1.22 bits per heavy atom. The maximum atomic E-state index is 11.8. The molecule has 18 heavy (non-hydrogen) atoms. The average Bonchev–Trinajstić information content (AvgIpc) is 2.28. The zero-order chi connectivity index (χ0) is 13.6. The molecule has 0 spiro atoms. The van der Waals surface area contributed by atoms with Crippen molar-refractivity contribution in [2.24, 2.45) is 11.1 Å². The molecule has 96 valence electrons. The zero-order valence-electron chi connectivity index (χ0n) is 11.4. The van der Waals surface area contributed by atoms with Gasteiger partial charge in [0.05, 0.1) is 6.42 Å². The van der Waals surface area contributed by atoms with Crippen LogP contribution in [0.4, 0.5) is 0 Å². The highest BCUT2D eigenvalue weighted by Gasteiger charge is 2.07. The highest BCUT2D eigenvalue weighted by atomic mass is 16.1. The Balaban J connectivity index is 2.62. The van der Waals surface area contributed by atoms with E-state index in [-0.39, 0.29) is 11.2 Å². The molecule has 0 saturated heterocycles. The van der Waals surface area contributed by atoms with Crippen LogP contribution in [0, 0.1) is 17.3 Å². The summed E-state index contributed by atoms with van der Waals surface area (Å²) in [6.07, 6.45) is 0.738. The van der Waals surface area contributed by atoms with Crippen molar-refractivity contribution in [1.82, 2.24) is 0 Å². The highest BCUT2D eigenvalue weighted by molar-refractivity contribution is 5.83. The Bertz CT molecular complexity index is 472. The second-order valence-corrected chi connectivity index (χ2v) is 5.42. The van der Waals surface area contributed by atoms with E-state index < -0.39 is 0 Å². The molecule has 0 aliphatic rings. The van der Waals surface area contributed by atoms with Crippen LogP contribution in [-0.4, -0.2) is 5.78 Å². The zero-order valence-corrected chi connectivity index (χ0v) is 11.4. The van der Waals surface area contributed by atoms with Gasteiger partial charge in [0.25, 0.3) is 0 Å². The molecule has 1 aromatic rings. The molecule has 0 amide bonds. The van der Waals surface area contributed by atoms with Crippen molar-refractivity contribution in [2.75, 3.05) is 0 Å². The number of hydrogen-bond donors (Lipinski definition) is 1. The van der Waals surface area contributed by atoms with Gasteiger partial charge in [0, 0.05) is 18.4 Å². The second kappa shape index (κ2) is 6.37. The molecule has 1 aromatic carbocycles. The van der Waals surface area contributed by atoms with Gasteiger partial charge >= 0.3 is 0 Å². The summed E-state index contributed by atoms with van der Waals surface area (Å²) in [5.74, 6) is 6.17. The Hall–Kier alpha value is -1.59. The summed E-state index contributed by atoms with van der Waals surface area (Å²) in [5, 5.41) is 0. The molecule has 2 nitrogen and oxygen atoms in total. The summed E-state index contributed by atoms with van der Waals surface area (Å²) in [7, 11) is 0. The minimum Gasteiger partial charge on any atom is -0.326 e. The van der Waals surface area contributed by atoms with Crippen LogP contribution < -0.4 is 5.73 Å². The Morgan fingerprint density at radius 3 is 2.39 bits per heavy atom. The fourth-order valence-corrected chi connectivity index (χ4v) is 1.61. The van der Waals surface area contributed by atoms with Crippen molar-refractivity contribution in [1.29, 1.82) is 0 Å². The van der Waals surface area contributed by atoms with Crippen LogP contribution in [0.2, 0.25) is 0 Å². The minimum absolute atomic E-state index is 0.0462. The van der Waals surface area contributed by atoms with E-state index in [2.05, 4.69) is 11.8 Å². The van der Waals surface area contributed by atoms with Crippen LogP contribution in [0.5, 0.6) is 0 Å². The van der Waals surface area contributed by atoms with E-state index in [9.17, 15) is 4.79 Å². The predicted octanol–water partition coefficient (Wildman–Crippen LogP) is 2.70. The lowest BCUT2D eigenvalue weighted by molar-refractivity contribution is -0.117. The smallest absolute Gasteiger partial charge is 0.149 e. The molecule has 0 saturated carbocycles. The van der Waals surface area contributed by atoms with Gasteiger partial charge in [-0.05, 0) is 31.9 Å². The predicted molar refractivity (Wildman–Crippen MR) is 74.9 cm³/mol. The van der Waals surface area contributed by atoms with Gasteiger partial charge < -0.3 is 5.73 Å². The summed E-state index contributed by atoms with van der Waals surface area (Å²) < 4.78 is 0. The first-order chi connectivity index (χ1) is 8.42. The summed E-state index contributed by atoms with van der Waals surface area (Å²) in [6, 6.07) is 7.79. The number of Topliss-reactive ketones (excluding diaryl/α,β-unsaturated/α-hetero) is 1. The molecule has 0 radical (unpaired) electrons. The topological polar surface area (TPSA) is 43.1 Å². The molecule has 2 N–H and O–H groups in total. The number of rotatable bonds is 4. The van der Waals surface area contributed by atoms with Gasteiger partial charge in [-0.15, -0.1) is 0 Å². The molecule has 1 rings (SSSR count). The molecule has 0 atom stereocenters. The second-order valence-electron chi connectivity index (χ2n) is 5.42. The van der Waals surface area contributed by atoms with Gasteiger partial charge in [0.2, 0.25) is 0 Å². The molecular formula is C16H21NO. The number of hydrogen-bond acceptors (Lipinski definition) is 2. The quantitative estimate of drug-likeness (QED) is 0.826. The highest BCUT2D eigenvalue weighted by Crippen LogP contribution is 2.11. The van der Waals surface area contributed by atoms with Crippen LogP contribution in [0.1, 0.15) is 38.3 Å².